The number of carbonyl (C=O) groups is 1. The highest BCUT2D eigenvalue weighted by atomic mass is 32.2. The van der Waals surface area contributed by atoms with Crippen LogP contribution >= 0.6 is 0 Å². The molecule has 3 rings (SSSR count). The second-order valence-corrected chi connectivity index (χ2v) is 6.85. The zero-order chi connectivity index (χ0) is 17.2. The van der Waals surface area contributed by atoms with Gasteiger partial charge in [0.2, 0.25) is 10.0 Å². The van der Waals surface area contributed by atoms with Gasteiger partial charge in [0.1, 0.15) is 0 Å². The minimum atomic E-state index is -3.52. The molecule has 2 heterocycles. The number of hydrogen-bond acceptors (Lipinski definition) is 5. The van der Waals surface area contributed by atoms with Gasteiger partial charge in [-0.2, -0.15) is 0 Å². The lowest BCUT2D eigenvalue weighted by molar-refractivity contribution is 0.0949. The van der Waals surface area contributed by atoms with Gasteiger partial charge in [-0.15, -0.1) is 10.2 Å². The van der Waals surface area contributed by atoms with E-state index in [1.54, 1.807) is 4.40 Å². The molecule has 0 aliphatic rings. The first kappa shape index (κ1) is 16.1. The smallest absolute Gasteiger partial charge is 0.251 e. The number of sulfonamides is 1. The Labute approximate surface area is 138 Å². The summed E-state index contributed by atoms with van der Waals surface area (Å²) in [5.41, 5.74) is 1.06. The van der Waals surface area contributed by atoms with E-state index in [2.05, 4.69) is 20.2 Å². The SMILES string of the molecule is CNS(=O)(=O)c1ccc(C(=O)NCc2nnc3ccccn23)cc1. The van der Waals surface area contributed by atoms with E-state index in [1.165, 1.54) is 31.3 Å². The van der Waals surface area contributed by atoms with Crippen molar-refractivity contribution in [3.8, 4) is 0 Å². The molecule has 8 nitrogen and oxygen atoms in total. The Kier molecular flexibility index (Phi) is 4.28. The number of carbonyl (C=O) groups excluding carboxylic acids is 1. The topological polar surface area (TPSA) is 105 Å². The Hall–Kier alpha value is -2.78. The standard InChI is InChI=1S/C15H15N5O3S/c1-16-24(22,23)12-7-5-11(6-8-12)15(21)17-10-14-19-18-13-4-2-3-9-20(13)14/h2-9,16H,10H2,1H3,(H,17,21). The quantitative estimate of drug-likeness (QED) is 0.703. The molecule has 0 saturated heterocycles. The summed E-state index contributed by atoms with van der Waals surface area (Å²) < 4.78 is 27.3. The van der Waals surface area contributed by atoms with Crippen molar-refractivity contribution >= 4 is 21.6 Å². The van der Waals surface area contributed by atoms with Crippen molar-refractivity contribution in [1.29, 1.82) is 0 Å². The van der Waals surface area contributed by atoms with Gasteiger partial charge in [-0.05, 0) is 43.4 Å². The van der Waals surface area contributed by atoms with Crippen LogP contribution in [0.1, 0.15) is 16.2 Å². The summed E-state index contributed by atoms with van der Waals surface area (Å²) >= 11 is 0. The molecule has 0 aliphatic carbocycles. The van der Waals surface area contributed by atoms with E-state index < -0.39 is 10.0 Å². The normalized spacial score (nSPS) is 11.5. The molecule has 2 N–H and O–H groups in total. The summed E-state index contributed by atoms with van der Waals surface area (Å²) in [7, 11) is -2.18. The molecule has 3 aromatic rings. The maximum absolute atomic E-state index is 12.2. The van der Waals surface area contributed by atoms with E-state index in [0.29, 0.717) is 17.0 Å². The lowest BCUT2D eigenvalue weighted by atomic mass is 10.2. The molecule has 0 unspecified atom stereocenters. The van der Waals surface area contributed by atoms with Crippen LogP contribution in [0.4, 0.5) is 0 Å². The highest BCUT2D eigenvalue weighted by Gasteiger charge is 2.13. The van der Waals surface area contributed by atoms with Gasteiger partial charge in [0.25, 0.3) is 5.91 Å². The summed E-state index contributed by atoms with van der Waals surface area (Å²) in [5, 5.41) is 10.8. The van der Waals surface area contributed by atoms with Gasteiger partial charge in [0.05, 0.1) is 11.4 Å². The Morgan fingerprint density at radius 1 is 1.12 bits per heavy atom. The Balaban J connectivity index is 1.71. The van der Waals surface area contributed by atoms with Crippen LogP contribution in [0.25, 0.3) is 5.65 Å². The fourth-order valence-corrected chi connectivity index (χ4v) is 2.91. The first-order chi connectivity index (χ1) is 11.5. The van der Waals surface area contributed by atoms with Crippen molar-refractivity contribution in [2.45, 2.75) is 11.4 Å². The minimum absolute atomic E-state index is 0.102. The van der Waals surface area contributed by atoms with Crippen LogP contribution in [0.15, 0.2) is 53.6 Å². The van der Waals surface area contributed by atoms with Gasteiger partial charge < -0.3 is 5.32 Å². The van der Waals surface area contributed by atoms with E-state index in [9.17, 15) is 13.2 Å². The largest absolute Gasteiger partial charge is 0.345 e. The monoisotopic (exact) mass is 345 g/mol. The molecule has 1 aromatic carbocycles. The Morgan fingerprint density at radius 3 is 2.58 bits per heavy atom. The summed E-state index contributed by atoms with van der Waals surface area (Å²) in [6.07, 6.45) is 1.81. The van der Waals surface area contributed by atoms with Crippen LogP contribution in [-0.4, -0.2) is 36.0 Å². The average Bonchev–Trinajstić information content (AvgIpc) is 3.03. The van der Waals surface area contributed by atoms with Crippen molar-refractivity contribution in [3.63, 3.8) is 0 Å². The van der Waals surface area contributed by atoms with Gasteiger partial charge in [0.15, 0.2) is 11.5 Å². The number of fused-ring (bicyclic) bond motifs is 1. The van der Waals surface area contributed by atoms with Gasteiger partial charge in [-0.25, -0.2) is 13.1 Å². The number of pyridine rings is 1. The highest BCUT2D eigenvalue weighted by Crippen LogP contribution is 2.10. The van der Waals surface area contributed by atoms with Crippen LogP contribution in [-0.2, 0) is 16.6 Å². The maximum atomic E-state index is 12.2. The minimum Gasteiger partial charge on any atom is -0.345 e. The Bertz CT molecular complexity index is 980. The molecule has 0 atom stereocenters. The van der Waals surface area contributed by atoms with E-state index in [-0.39, 0.29) is 17.3 Å². The summed E-state index contributed by atoms with van der Waals surface area (Å²) in [6.45, 7) is 0.209. The zero-order valence-electron chi connectivity index (χ0n) is 12.8. The van der Waals surface area contributed by atoms with E-state index in [1.807, 2.05) is 24.4 Å². The molecule has 0 aliphatic heterocycles. The summed E-state index contributed by atoms with van der Waals surface area (Å²) in [6, 6.07) is 11.2. The number of nitrogens with zero attached hydrogens (tertiary/aromatic N) is 3. The molecule has 0 fully saturated rings. The van der Waals surface area contributed by atoms with Crippen LogP contribution in [0.3, 0.4) is 0 Å². The van der Waals surface area contributed by atoms with Crippen molar-refractivity contribution in [3.05, 3.63) is 60.0 Å². The summed E-state index contributed by atoms with van der Waals surface area (Å²) in [5.74, 6) is 0.282. The number of amides is 1. The molecule has 0 spiro atoms. The van der Waals surface area contributed by atoms with Crippen molar-refractivity contribution in [2.75, 3.05) is 7.05 Å². The van der Waals surface area contributed by atoms with E-state index in [0.717, 1.165) is 0 Å². The molecule has 0 bridgehead atoms. The number of nitrogens with one attached hydrogen (secondary N) is 2. The molecule has 0 saturated carbocycles. The number of hydrogen-bond donors (Lipinski definition) is 2. The van der Waals surface area contributed by atoms with Gasteiger partial charge >= 0.3 is 0 Å². The third-order valence-corrected chi connectivity index (χ3v) is 4.92. The first-order valence-corrected chi connectivity index (χ1v) is 8.60. The van der Waals surface area contributed by atoms with Gasteiger partial charge in [-0.1, -0.05) is 6.07 Å². The van der Waals surface area contributed by atoms with Crippen LogP contribution in [0.2, 0.25) is 0 Å². The van der Waals surface area contributed by atoms with Crippen LogP contribution < -0.4 is 10.0 Å². The third kappa shape index (κ3) is 3.12. The molecule has 9 heteroatoms. The molecular weight excluding hydrogens is 330 g/mol. The molecule has 2 aromatic heterocycles. The van der Waals surface area contributed by atoms with Crippen molar-refractivity contribution < 1.29 is 13.2 Å². The van der Waals surface area contributed by atoms with Crippen LogP contribution in [0.5, 0.6) is 0 Å². The fraction of sp³-hybridized carbons (Fsp3) is 0.133. The summed E-state index contributed by atoms with van der Waals surface area (Å²) in [4.78, 5) is 12.3. The van der Waals surface area contributed by atoms with Crippen LogP contribution in [0, 0.1) is 0 Å². The second-order valence-electron chi connectivity index (χ2n) is 4.96. The maximum Gasteiger partial charge on any atom is 0.251 e. The number of benzene rings is 1. The predicted molar refractivity (Wildman–Crippen MR) is 86.8 cm³/mol. The average molecular weight is 345 g/mol. The molecular formula is C15H15N5O3S. The lowest BCUT2D eigenvalue weighted by Gasteiger charge is -2.06. The predicted octanol–water partition coefficient (Wildman–Crippen LogP) is 0.567. The molecule has 124 valence electrons. The highest BCUT2D eigenvalue weighted by molar-refractivity contribution is 7.89. The number of aromatic nitrogens is 3. The zero-order valence-corrected chi connectivity index (χ0v) is 13.6. The molecule has 0 radical (unpaired) electrons. The van der Waals surface area contributed by atoms with E-state index >= 15 is 0 Å². The van der Waals surface area contributed by atoms with Crippen molar-refractivity contribution in [2.24, 2.45) is 0 Å². The third-order valence-electron chi connectivity index (χ3n) is 3.49. The molecule has 24 heavy (non-hydrogen) atoms. The van der Waals surface area contributed by atoms with Gasteiger partial charge in [0, 0.05) is 11.8 Å². The molecule has 1 amide bonds. The first-order valence-electron chi connectivity index (χ1n) is 7.12. The van der Waals surface area contributed by atoms with Crippen molar-refractivity contribution in [1.82, 2.24) is 24.6 Å². The fourth-order valence-electron chi connectivity index (χ4n) is 2.18. The Morgan fingerprint density at radius 2 is 1.88 bits per heavy atom. The second kappa shape index (κ2) is 6.38. The number of rotatable bonds is 5. The van der Waals surface area contributed by atoms with Gasteiger partial charge in [-0.3, -0.25) is 9.20 Å². The lowest BCUT2D eigenvalue weighted by Crippen LogP contribution is -2.24. The van der Waals surface area contributed by atoms with E-state index in [4.69, 9.17) is 0 Å².